The molecule has 5 heteroatoms. The number of amides is 2. The Labute approximate surface area is 112 Å². The first-order valence-corrected chi connectivity index (χ1v) is 6.46. The molecule has 0 radical (unpaired) electrons. The van der Waals surface area contributed by atoms with Crippen LogP contribution < -0.4 is 16.0 Å². The quantitative estimate of drug-likeness (QED) is 0.742. The van der Waals surface area contributed by atoms with Crippen molar-refractivity contribution in [3.63, 3.8) is 0 Å². The van der Waals surface area contributed by atoms with Gasteiger partial charge in [0.15, 0.2) is 0 Å². The monoisotopic (exact) mass is 261 g/mol. The second-order valence-electron chi connectivity index (χ2n) is 4.76. The van der Waals surface area contributed by atoms with E-state index in [0.29, 0.717) is 23.8 Å². The van der Waals surface area contributed by atoms with Crippen molar-refractivity contribution in [2.24, 2.45) is 0 Å². The summed E-state index contributed by atoms with van der Waals surface area (Å²) >= 11 is 0. The van der Waals surface area contributed by atoms with Crippen LogP contribution in [-0.2, 0) is 4.79 Å². The van der Waals surface area contributed by atoms with Gasteiger partial charge in [0.2, 0.25) is 5.91 Å². The first-order chi connectivity index (χ1) is 9.11. The van der Waals surface area contributed by atoms with Gasteiger partial charge >= 0.3 is 0 Å². The largest absolute Gasteiger partial charge is 0.355 e. The highest BCUT2D eigenvalue weighted by Gasteiger charge is 2.21. The van der Waals surface area contributed by atoms with Crippen LogP contribution in [0.3, 0.4) is 0 Å². The number of nitrogens with one attached hydrogen (secondary N) is 3. The summed E-state index contributed by atoms with van der Waals surface area (Å²) in [6.07, 6.45) is 2.30. The lowest BCUT2D eigenvalue weighted by Gasteiger charge is -2.12. The molecule has 0 bridgehead atoms. The van der Waals surface area contributed by atoms with E-state index in [1.807, 2.05) is 6.92 Å². The topological polar surface area (TPSA) is 70.2 Å². The predicted octanol–water partition coefficient (Wildman–Crippen LogP) is 1.05. The van der Waals surface area contributed by atoms with E-state index in [0.717, 1.165) is 18.4 Å². The molecule has 0 aromatic heterocycles. The Morgan fingerprint density at radius 3 is 2.68 bits per heavy atom. The zero-order chi connectivity index (χ0) is 13.8. The Morgan fingerprint density at radius 2 is 2.05 bits per heavy atom. The van der Waals surface area contributed by atoms with Gasteiger partial charge in [-0.1, -0.05) is 6.07 Å². The standard InChI is InChI=1S/C14H19N3O2/c1-9-11(14(19)15-2)4-3-5-12(9)17-13(18)8-16-10-6-7-10/h3-5,10,16H,6-8H2,1-2H3,(H,15,19)(H,17,18). The highest BCUT2D eigenvalue weighted by molar-refractivity contribution is 5.99. The molecule has 1 aromatic rings. The molecule has 19 heavy (non-hydrogen) atoms. The van der Waals surface area contributed by atoms with Gasteiger partial charge in [0.25, 0.3) is 5.91 Å². The molecule has 5 nitrogen and oxygen atoms in total. The van der Waals surface area contributed by atoms with Gasteiger partial charge in [-0.2, -0.15) is 0 Å². The lowest BCUT2D eigenvalue weighted by molar-refractivity contribution is -0.115. The van der Waals surface area contributed by atoms with Crippen molar-refractivity contribution in [3.8, 4) is 0 Å². The average Bonchev–Trinajstić information content (AvgIpc) is 3.22. The van der Waals surface area contributed by atoms with Crippen molar-refractivity contribution < 1.29 is 9.59 Å². The summed E-state index contributed by atoms with van der Waals surface area (Å²) in [5, 5.41) is 8.57. The third-order valence-corrected chi connectivity index (χ3v) is 3.21. The second kappa shape index (κ2) is 5.84. The van der Waals surface area contributed by atoms with E-state index < -0.39 is 0 Å². The zero-order valence-corrected chi connectivity index (χ0v) is 11.2. The molecule has 0 atom stereocenters. The molecule has 0 unspecified atom stereocenters. The maximum atomic E-state index is 11.8. The Morgan fingerprint density at radius 1 is 1.32 bits per heavy atom. The summed E-state index contributed by atoms with van der Waals surface area (Å²) in [5.41, 5.74) is 2.04. The fraction of sp³-hybridized carbons (Fsp3) is 0.429. The minimum Gasteiger partial charge on any atom is -0.355 e. The third kappa shape index (κ3) is 3.54. The van der Waals surface area contributed by atoms with E-state index in [4.69, 9.17) is 0 Å². The number of anilines is 1. The molecule has 1 aliphatic carbocycles. The van der Waals surface area contributed by atoms with Crippen LogP contribution in [0, 0.1) is 6.92 Å². The Balaban J connectivity index is 2.02. The zero-order valence-electron chi connectivity index (χ0n) is 11.2. The fourth-order valence-electron chi connectivity index (χ4n) is 1.87. The minimum atomic E-state index is -0.148. The van der Waals surface area contributed by atoms with Crippen LogP contribution in [0.2, 0.25) is 0 Å². The molecule has 0 aliphatic heterocycles. The maximum Gasteiger partial charge on any atom is 0.251 e. The number of hydrogen-bond acceptors (Lipinski definition) is 3. The van der Waals surface area contributed by atoms with Gasteiger partial charge in [-0.3, -0.25) is 9.59 Å². The van der Waals surface area contributed by atoms with Crippen molar-refractivity contribution in [2.45, 2.75) is 25.8 Å². The number of hydrogen-bond donors (Lipinski definition) is 3. The molecule has 1 aromatic carbocycles. The lowest BCUT2D eigenvalue weighted by atomic mass is 10.1. The van der Waals surface area contributed by atoms with Gasteiger partial charge in [0, 0.05) is 24.3 Å². The summed E-state index contributed by atoms with van der Waals surface area (Å²) in [6.45, 7) is 2.14. The highest BCUT2D eigenvalue weighted by Crippen LogP contribution is 2.20. The maximum absolute atomic E-state index is 11.8. The lowest BCUT2D eigenvalue weighted by Crippen LogP contribution is -2.30. The second-order valence-corrected chi connectivity index (χ2v) is 4.76. The molecule has 2 amide bonds. The smallest absolute Gasteiger partial charge is 0.251 e. The van der Waals surface area contributed by atoms with Gasteiger partial charge in [0.05, 0.1) is 6.54 Å². The Bertz CT molecular complexity index is 495. The molecule has 1 fully saturated rings. The molecule has 0 spiro atoms. The van der Waals surface area contributed by atoms with Gasteiger partial charge in [-0.25, -0.2) is 0 Å². The molecule has 1 saturated carbocycles. The number of benzene rings is 1. The van der Waals surface area contributed by atoms with E-state index in [2.05, 4.69) is 16.0 Å². The molecule has 3 N–H and O–H groups in total. The van der Waals surface area contributed by atoms with Crippen molar-refractivity contribution in [1.82, 2.24) is 10.6 Å². The number of carbonyl (C=O) groups excluding carboxylic acids is 2. The molecule has 1 aliphatic rings. The highest BCUT2D eigenvalue weighted by atomic mass is 16.2. The summed E-state index contributed by atoms with van der Waals surface area (Å²) in [4.78, 5) is 23.4. The predicted molar refractivity (Wildman–Crippen MR) is 74.2 cm³/mol. The third-order valence-electron chi connectivity index (χ3n) is 3.21. The molecule has 102 valence electrons. The van der Waals surface area contributed by atoms with Crippen LogP contribution in [-0.4, -0.2) is 31.4 Å². The normalized spacial score (nSPS) is 14.0. The van der Waals surface area contributed by atoms with E-state index in [1.54, 1.807) is 25.2 Å². The van der Waals surface area contributed by atoms with Crippen molar-refractivity contribution in [2.75, 3.05) is 18.9 Å². The fourth-order valence-corrected chi connectivity index (χ4v) is 1.87. The van der Waals surface area contributed by atoms with Crippen molar-refractivity contribution >= 4 is 17.5 Å². The SMILES string of the molecule is CNC(=O)c1cccc(NC(=O)CNC2CC2)c1C. The van der Waals surface area contributed by atoms with E-state index in [-0.39, 0.29) is 11.8 Å². The molecular formula is C14H19N3O2. The average molecular weight is 261 g/mol. The Hall–Kier alpha value is -1.88. The van der Waals surface area contributed by atoms with Crippen LogP contribution in [0.15, 0.2) is 18.2 Å². The number of rotatable bonds is 5. The van der Waals surface area contributed by atoms with Crippen LogP contribution in [0.25, 0.3) is 0 Å². The van der Waals surface area contributed by atoms with Crippen molar-refractivity contribution in [3.05, 3.63) is 29.3 Å². The van der Waals surface area contributed by atoms with Crippen LogP contribution in [0.5, 0.6) is 0 Å². The first kappa shape index (κ1) is 13.5. The summed E-state index contributed by atoms with van der Waals surface area (Å²) in [5.74, 6) is -0.228. The number of carbonyl (C=O) groups is 2. The van der Waals surface area contributed by atoms with E-state index in [9.17, 15) is 9.59 Å². The van der Waals surface area contributed by atoms with Gasteiger partial charge in [-0.15, -0.1) is 0 Å². The minimum absolute atomic E-state index is 0.0796. The van der Waals surface area contributed by atoms with Crippen LogP contribution in [0.1, 0.15) is 28.8 Å². The first-order valence-electron chi connectivity index (χ1n) is 6.46. The molecule has 0 heterocycles. The van der Waals surface area contributed by atoms with E-state index >= 15 is 0 Å². The van der Waals surface area contributed by atoms with E-state index in [1.165, 1.54) is 0 Å². The summed E-state index contributed by atoms with van der Waals surface area (Å²) in [7, 11) is 1.59. The summed E-state index contributed by atoms with van der Waals surface area (Å²) in [6, 6.07) is 5.81. The van der Waals surface area contributed by atoms with Crippen LogP contribution >= 0.6 is 0 Å². The van der Waals surface area contributed by atoms with Crippen LogP contribution in [0.4, 0.5) is 5.69 Å². The van der Waals surface area contributed by atoms with Gasteiger partial charge in [0.1, 0.15) is 0 Å². The summed E-state index contributed by atoms with van der Waals surface area (Å²) < 4.78 is 0. The van der Waals surface area contributed by atoms with Crippen molar-refractivity contribution in [1.29, 1.82) is 0 Å². The van der Waals surface area contributed by atoms with Gasteiger partial charge in [-0.05, 0) is 37.5 Å². The molecule has 0 saturated heterocycles. The Kier molecular flexibility index (Phi) is 4.16. The molecular weight excluding hydrogens is 242 g/mol. The van der Waals surface area contributed by atoms with Gasteiger partial charge < -0.3 is 16.0 Å². The molecule has 2 rings (SSSR count).